The van der Waals surface area contributed by atoms with Gasteiger partial charge in [0, 0.05) is 38.4 Å². The highest BCUT2D eigenvalue weighted by molar-refractivity contribution is 5.93. The fourth-order valence-electron chi connectivity index (χ4n) is 3.71. The molecule has 0 unspecified atom stereocenters. The lowest BCUT2D eigenvalue weighted by atomic mass is 10.1. The van der Waals surface area contributed by atoms with Crippen LogP contribution in [0.4, 0.5) is 5.69 Å². The largest absolute Gasteiger partial charge is 0.497 e. The van der Waals surface area contributed by atoms with Gasteiger partial charge in [-0.2, -0.15) is 0 Å². The summed E-state index contributed by atoms with van der Waals surface area (Å²) in [7, 11) is 1.66. The molecule has 0 atom stereocenters. The number of methoxy groups -OCH3 is 1. The summed E-state index contributed by atoms with van der Waals surface area (Å²) in [5.41, 5.74) is 3.15. The summed E-state index contributed by atoms with van der Waals surface area (Å²) in [5.74, 6) is 1.77. The van der Waals surface area contributed by atoms with Crippen molar-refractivity contribution in [2.45, 2.75) is 20.3 Å². The van der Waals surface area contributed by atoms with E-state index in [-0.39, 0.29) is 5.91 Å². The molecule has 162 valence electrons. The predicted octanol–water partition coefficient (Wildman–Crippen LogP) is 3.34. The van der Waals surface area contributed by atoms with Gasteiger partial charge in [-0.25, -0.2) is 0 Å². The fraction of sp³-hybridized carbons (Fsp3) is 0.458. The van der Waals surface area contributed by atoms with Gasteiger partial charge in [0.15, 0.2) is 0 Å². The number of piperazine rings is 1. The molecule has 0 aromatic heterocycles. The second-order valence-electron chi connectivity index (χ2n) is 7.81. The van der Waals surface area contributed by atoms with E-state index in [9.17, 15) is 4.79 Å². The Morgan fingerprint density at radius 3 is 2.17 bits per heavy atom. The Balaban J connectivity index is 1.32. The third-order valence-corrected chi connectivity index (χ3v) is 5.52. The molecule has 1 heterocycles. The summed E-state index contributed by atoms with van der Waals surface area (Å²) < 4.78 is 11.0. The SMILES string of the molecule is COc1ccc(OCCCN2CCN(CC(=O)Nc3c(C)cccc3C)CC2)cc1. The topological polar surface area (TPSA) is 54.0 Å². The number of amides is 1. The number of rotatable bonds is 9. The minimum Gasteiger partial charge on any atom is -0.497 e. The first-order valence-corrected chi connectivity index (χ1v) is 10.6. The highest BCUT2D eigenvalue weighted by atomic mass is 16.5. The summed E-state index contributed by atoms with van der Waals surface area (Å²) in [6.07, 6.45) is 0.985. The van der Waals surface area contributed by atoms with Crippen molar-refractivity contribution >= 4 is 11.6 Å². The molecule has 1 aliphatic rings. The summed E-state index contributed by atoms with van der Waals surface area (Å²) in [5, 5.41) is 3.08. The number of hydrogen-bond acceptors (Lipinski definition) is 5. The third-order valence-electron chi connectivity index (χ3n) is 5.52. The predicted molar refractivity (Wildman–Crippen MR) is 121 cm³/mol. The maximum absolute atomic E-state index is 12.5. The van der Waals surface area contributed by atoms with Crippen LogP contribution in [0.15, 0.2) is 42.5 Å². The van der Waals surface area contributed by atoms with Crippen molar-refractivity contribution in [3.05, 3.63) is 53.6 Å². The lowest BCUT2D eigenvalue weighted by Gasteiger charge is -2.34. The van der Waals surface area contributed by atoms with E-state index in [1.54, 1.807) is 7.11 Å². The second-order valence-corrected chi connectivity index (χ2v) is 7.81. The third kappa shape index (κ3) is 6.47. The molecule has 1 aliphatic heterocycles. The van der Waals surface area contributed by atoms with Crippen molar-refractivity contribution in [2.24, 2.45) is 0 Å². The average molecular weight is 412 g/mol. The van der Waals surface area contributed by atoms with Crippen LogP contribution in [0.1, 0.15) is 17.5 Å². The van der Waals surface area contributed by atoms with E-state index in [2.05, 4.69) is 15.1 Å². The molecule has 30 heavy (non-hydrogen) atoms. The van der Waals surface area contributed by atoms with Gasteiger partial charge in [0.1, 0.15) is 11.5 Å². The zero-order valence-electron chi connectivity index (χ0n) is 18.3. The smallest absolute Gasteiger partial charge is 0.238 e. The molecule has 0 bridgehead atoms. The molecule has 1 fully saturated rings. The molecule has 2 aromatic carbocycles. The monoisotopic (exact) mass is 411 g/mol. The minimum absolute atomic E-state index is 0.0636. The Bertz CT molecular complexity index is 795. The van der Waals surface area contributed by atoms with E-state index in [1.807, 2.05) is 56.3 Å². The molecule has 6 heteroatoms. The van der Waals surface area contributed by atoms with E-state index < -0.39 is 0 Å². The van der Waals surface area contributed by atoms with Crippen LogP contribution in [-0.4, -0.2) is 68.7 Å². The van der Waals surface area contributed by atoms with E-state index in [0.717, 1.165) is 67.5 Å². The Hall–Kier alpha value is -2.57. The van der Waals surface area contributed by atoms with E-state index >= 15 is 0 Å². The van der Waals surface area contributed by atoms with Crippen LogP contribution in [0.2, 0.25) is 0 Å². The zero-order valence-corrected chi connectivity index (χ0v) is 18.3. The summed E-state index contributed by atoms with van der Waals surface area (Å²) in [6.45, 7) is 10.0. The van der Waals surface area contributed by atoms with Gasteiger partial charge in [0.25, 0.3) is 0 Å². The Morgan fingerprint density at radius 2 is 1.53 bits per heavy atom. The van der Waals surface area contributed by atoms with Crippen LogP contribution in [-0.2, 0) is 4.79 Å². The van der Waals surface area contributed by atoms with Crippen molar-refractivity contribution in [1.82, 2.24) is 9.80 Å². The molecule has 1 N–H and O–H groups in total. The van der Waals surface area contributed by atoms with Crippen molar-refractivity contribution in [3.63, 3.8) is 0 Å². The van der Waals surface area contributed by atoms with Gasteiger partial charge >= 0.3 is 0 Å². The first-order chi connectivity index (χ1) is 14.5. The molecule has 2 aromatic rings. The van der Waals surface area contributed by atoms with E-state index in [1.165, 1.54) is 0 Å². The lowest BCUT2D eigenvalue weighted by Crippen LogP contribution is -2.48. The number of aryl methyl sites for hydroxylation is 2. The molecule has 6 nitrogen and oxygen atoms in total. The second kappa shape index (κ2) is 11.0. The van der Waals surface area contributed by atoms with Crippen LogP contribution in [0, 0.1) is 13.8 Å². The van der Waals surface area contributed by atoms with Crippen molar-refractivity contribution in [3.8, 4) is 11.5 Å². The number of hydrogen-bond donors (Lipinski definition) is 1. The van der Waals surface area contributed by atoms with Crippen molar-refractivity contribution in [2.75, 3.05) is 58.3 Å². The summed E-state index contributed by atoms with van der Waals surface area (Å²) in [6, 6.07) is 13.7. The van der Waals surface area contributed by atoms with Gasteiger partial charge < -0.3 is 19.7 Å². The minimum atomic E-state index is 0.0636. The van der Waals surface area contributed by atoms with Crippen LogP contribution >= 0.6 is 0 Å². The molecule has 0 saturated carbocycles. The van der Waals surface area contributed by atoms with Gasteiger partial charge in [-0.15, -0.1) is 0 Å². The number of carbonyl (C=O) groups is 1. The highest BCUT2D eigenvalue weighted by Gasteiger charge is 2.19. The Labute approximate surface area is 179 Å². The van der Waals surface area contributed by atoms with E-state index in [0.29, 0.717) is 13.2 Å². The van der Waals surface area contributed by atoms with Crippen molar-refractivity contribution in [1.29, 1.82) is 0 Å². The molecule has 0 spiro atoms. The molecule has 3 rings (SSSR count). The van der Waals surface area contributed by atoms with Crippen LogP contribution in [0.5, 0.6) is 11.5 Å². The quantitative estimate of drug-likeness (QED) is 0.642. The Kier molecular flexibility index (Phi) is 8.11. The van der Waals surface area contributed by atoms with Crippen LogP contribution in [0.3, 0.4) is 0 Å². The van der Waals surface area contributed by atoms with Crippen molar-refractivity contribution < 1.29 is 14.3 Å². The zero-order chi connectivity index (χ0) is 21.3. The fourth-order valence-corrected chi connectivity index (χ4v) is 3.71. The summed E-state index contributed by atoms with van der Waals surface area (Å²) >= 11 is 0. The number of benzene rings is 2. The number of nitrogens with one attached hydrogen (secondary N) is 1. The van der Waals surface area contributed by atoms with Gasteiger partial charge in [-0.05, 0) is 55.7 Å². The first kappa shape index (κ1) is 22.1. The number of nitrogens with zero attached hydrogens (tertiary/aromatic N) is 2. The maximum Gasteiger partial charge on any atom is 0.238 e. The molecule has 1 saturated heterocycles. The number of anilines is 1. The Morgan fingerprint density at radius 1 is 0.933 bits per heavy atom. The average Bonchev–Trinajstić information content (AvgIpc) is 2.75. The molecule has 1 amide bonds. The van der Waals surface area contributed by atoms with Gasteiger partial charge in [0.2, 0.25) is 5.91 Å². The van der Waals surface area contributed by atoms with Crippen LogP contribution in [0.25, 0.3) is 0 Å². The van der Waals surface area contributed by atoms with E-state index in [4.69, 9.17) is 9.47 Å². The normalized spacial score (nSPS) is 15.0. The van der Waals surface area contributed by atoms with Gasteiger partial charge in [0.05, 0.1) is 20.3 Å². The van der Waals surface area contributed by atoms with Crippen LogP contribution < -0.4 is 14.8 Å². The number of para-hydroxylation sites is 1. The highest BCUT2D eigenvalue weighted by Crippen LogP contribution is 2.19. The van der Waals surface area contributed by atoms with Gasteiger partial charge in [-0.3, -0.25) is 9.69 Å². The number of carbonyl (C=O) groups excluding carboxylic acids is 1. The molecule has 0 aliphatic carbocycles. The maximum atomic E-state index is 12.5. The lowest BCUT2D eigenvalue weighted by molar-refractivity contribution is -0.117. The molecular weight excluding hydrogens is 378 g/mol. The number of ether oxygens (including phenoxy) is 2. The summed E-state index contributed by atoms with van der Waals surface area (Å²) in [4.78, 5) is 17.1. The molecule has 0 radical (unpaired) electrons. The standard InChI is InChI=1S/C24H33N3O3/c1-19-6-4-7-20(2)24(19)25-23(28)18-27-15-13-26(14-16-27)12-5-17-30-22-10-8-21(29-3)9-11-22/h4,6-11H,5,12-18H2,1-3H3,(H,25,28). The molecular formula is C24H33N3O3. The van der Waals surface area contributed by atoms with Gasteiger partial charge in [-0.1, -0.05) is 18.2 Å². The first-order valence-electron chi connectivity index (χ1n) is 10.6.